The summed E-state index contributed by atoms with van der Waals surface area (Å²) in [7, 11) is 0. The van der Waals surface area contributed by atoms with Crippen LogP contribution >= 0.6 is 0 Å². The van der Waals surface area contributed by atoms with Crippen molar-refractivity contribution in [2.24, 2.45) is 5.10 Å². The maximum atomic E-state index is 12.3. The summed E-state index contributed by atoms with van der Waals surface area (Å²) < 4.78 is 0. The highest BCUT2D eigenvalue weighted by Crippen LogP contribution is 2.40. The van der Waals surface area contributed by atoms with Gasteiger partial charge in [0.1, 0.15) is 0 Å². The molecule has 0 N–H and O–H groups in total. The molecule has 4 rings (SSSR count). The number of hydrogen-bond acceptors (Lipinski definition) is 2. The van der Waals surface area contributed by atoms with Crippen molar-refractivity contribution < 1.29 is 4.79 Å². The highest BCUT2D eigenvalue weighted by atomic mass is 16.2. The number of benzene rings is 2. The number of amides is 1. The number of carbonyl (C=O) groups excluding carboxylic acids is 1. The maximum Gasteiger partial charge on any atom is 0.274 e. The van der Waals surface area contributed by atoms with Crippen molar-refractivity contribution >= 4 is 11.6 Å². The molecule has 2 aromatic rings. The van der Waals surface area contributed by atoms with Crippen LogP contribution in [0.15, 0.2) is 59.7 Å². The van der Waals surface area contributed by atoms with Gasteiger partial charge in [-0.25, -0.2) is 5.01 Å². The van der Waals surface area contributed by atoms with Gasteiger partial charge in [-0.3, -0.25) is 4.79 Å². The van der Waals surface area contributed by atoms with Gasteiger partial charge in [-0.05, 0) is 17.2 Å². The monoisotopic (exact) mass is 248 g/mol. The lowest BCUT2D eigenvalue weighted by molar-refractivity contribution is 0.0756. The Labute approximate surface area is 111 Å². The number of rotatable bonds is 1. The van der Waals surface area contributed by atoms with Crippen molar-refractivity contribution in [2.75, 3.05) is 0 Å². The third kappa shape index (κ3) is 1.45. The maximum absolute atomic E-state index is 12.3. The second-order valence-corrected chi connectivity index (χ2v) is 4.87. The highest BCUT2D eigenvalue weighted by molar-refractivity contribution is 6.07. The number of hydrazone groups is 1. The average Bonchev–Trinajstić information content (AvgIpc) is 3.01. The first kappa shape index (κ1) is 10.5. The van der Waals surface area contributed by atoms with E-state index in [0.717, 1.165) is 28.8 Å². The van der Waals surface area contributed by atoms with Gasteiger partial charge in [0, 0.05) is 12.0 Å². The summed E-state index contributed by atoms with van der Waals surface area (Å²) in [5.74, 6) is 0.0199. The Balaban J connectivity index is 1.75. The van der Waals surface area contributed by atoms with E-state index in [9.17, 15) is 4.79 Å². The molecule has 2 aromatic carbocycles. The average molecular weight is 248 g/mol. The van der Waals surface area contributed by atoms with Gasteiger partial charge in [0.2, 0.25) is 0 Å². The van der Waals surface area contributed by atoms with Crippen LogP contribution < -0.4 is 0 Å². The molecule has 0 bridgehead atoms. The standard InChI is InChI=1S/C16H12N2O/c19-16-13-9-5-4-8-12(13)15-10-14(17-18(15)16)11-6-2-1-3-7-11/h1-9,15H,10H2. The van der Waals surface area contributed by atoms with Crippen molar-refractivity contribution in [3.05, 3.63) is 71.3 Å². The lowest BCUT2D eigenvalue weighted by atomic mass is 9.98. The van der Waals surface area contributed by atoms with Crippen LogP contribution in [-0.2, 0) is 0 Å². The summed E-state index contributed by atoms with van der Waals surface area (Å²) in [5, 5.41) is 6.15. The molecule has 0 fully saturated rings. The van der Waals surface area contributed by atoms with Crippen LogP contribution in [-0.4, -0.2) is 16.6 Å². The van der Waals surface area contributed by atoms with Gasteiger partial charge in [-0.1, -0.05) is 48.5 Å². The Morgan fingerprint density at radius 2 is 1.74 bits per heavy atom. The molecule has 3 heteroatoms. The normalized spacial score (nSPS) is 20.2. The highest BCUT2D eigenvalue weighted by Gasteiger charge is 2.41. The fourth-order valence-electron chi connectivity index (χ4n) is 2.85. The van der Waals surface area contributed by atoms with E-state index in [4.69, 9.17) is 0 Å². The van der Waals surface area contributed by atoms with Crippen molar-refractivity contribution in [3.63, 3.8) is 0 Å². The van der Waals surface area contributed by atoms with Crippen molar-refractivity contribution in [1.82, 2.24) is 5.01 Å². The predicted molar refractivity (Wildman–Crippen MR) is 72.9 cm³/mol. The summed E-state index contributed by atoms with van der Waals surface area (Å²) in [4.78, 5) is 12.3. The number of nitrogens with zero attached hydrogens (tertiary/aromatic N) is 2. The fraction of sp³-hybridized carbons (Fsp3) is 0.125. The molecule has 2 aliphatic heterocycles. The lowest BCUT2D eigenvalue weighted by Gasteiger charge is -2.10. The zero-order valence-corrected chi connectivity index (χ0v) is 10.3. The molecule has 0 spiro atoms. The van der Waals surface area contributed by atoms with Crippen molar-refractivity contribution in [1.29, 1.82) is 0 Å². The zero-order valence-electron chi connectivity index (χ0n) is 10.3. The van der Waals surface area contributed by atoms with Crippen LogP contribution in [0.2, 0.25) is 0 Å². The van der Waals surface area contributed by atoms with Crippen LogP contribution in [0, 0.1) is 0 Å². The zero-order chi connectivity index (χ0) is 12.8. The van der Waals surface area contributed by atoms with Gasteiger partial charge in [-0.2, -0.15) is 5.10 Å². The van der Waals surface area contributed by atoms with Crippen LogP contribution in [0.1, 0.15) is 33.9 Å². The van der Waals surface area contributed by atoms with Gasteiger partial charge in [0.25, 0.3) is 5.91 Å². The van der Waals surface area contributed by atoms with Gasteiger partial charge >= 0.3 is 0 Å². The lowest BCUT2D eigenvalue weighted by Crippen LogP contribution is -2.17. The van der Waals surface area contributed by atoms with E-state index < -0.39 is 0 Å². The summed E-state index contributed by atoms with van der Waals surface area (Å²) in [6.45, 7) is 0. The molecule has 0 aromatic heterocycles. The van der Waals surface area contributed by atoms with Crippen LogP contribution in [0.25, 0.3) is 0 Å². The minimum Gasteiger partial charge on any atom is -0.267 e. The first-order valence-corrected chi connectivity index (χ1v) is 6.40. The van der Waals surface area contributed by atoms with Crippen LogP contribution in [0.3, 0.4) is 0 Å². The molecule has 2 heterocycles. The second kappa shape index (κ2) is 3.79. The fourth-order valence-corrected chi connectivity index (χ4v) is 2.85. The molecule has 0 saturated carbocycles. The molecule has 2 aliphatic rings. The molecule has 3 nitrogen and oxygen atoms in total. The second-order valence-electron chi connectivity index (χ2n) is 4.87. The SMILES string of the molecule is O=C1c2ccccc2C2CC(c3ccccc3)=NN12. The van der Waals surface area contributed by atoms with E-state index in [0.29, 0.717) is 0 Å². The third-order valence-electron chi connectivity index (χ3n) is 3.78. The summed E-state index contributed by atoms with van der Waals surface area (Å²) in [6.07, 6.45) is 0.798. The Morgan fingerprint density at radius 3 is 2.58 bits per heavy atom. The van der Waals surface area contributed by atoms with Crippen LogP contribution in [0.4, 0.5) is 0 Å². The van der Waals surface area contributed by atoms with Gasteiger partial charge in [0.05, 0.1) is 11.8 Å². The number of hydrogen-bond donors (Lipinski definition) is 0. The Hall–Kier alpha value is -2.42. The molecule has 92 valence electrons. The van der Waals surface area contributed by atoms with E-state index in [1.54, 1.807) is 5.01 Å². The summed E-state index contributed by atoms with van der Waals surface area (Å²) in [5.41, 5.74) is 3.99. The largest absolute Gasteiger partial charge is 0.274 e. The molecular weight excluding hydrogens is 236 g/mol. The molecule has 0 aliphatic carbocycles. The van der Waals surface area contributed by atoms with Crippen LogP contribution in [0.5, 0.6) is 0 Å². The third-order valence-corrected chi connectivity index (χ3v) is 3.78. The van der Waals surface area contributed by atoms with Crippen molar-refractivity contribution in [2.45, 2.75) is 12.5 Å². The van der Waals surface area contributed by atoms with E-state index >= 15 is 0 Å². The molecule has 1 atom stereocenters. The molecule has 19 heavy (non-hydrogen) atoms. The predicted octanol–water partition coefficient (Wildman–Crippen LogP) is 2.99. The Bertz CT molecular complexity index is 691. The number of fused-ring (bicyclic) bond motifs is 3. The molecular formula is C16H12N2O. The molecule has 1 unspecified atom stereocenters. The summed E-state index contributed by atoms with van der Waals surface area (Å²) in [6, 6.07) is 17.9. The Kier molecular flexibility index (Phi) is 2.09. The molecule has 0 radical (unpaired) electrons. The van der Waals surface area contributed by atoms with Gasteiger partial charge < -0.3 is 0 Å². The van der Waals surface area contributed by atoms with E-state index in [1.165, 1.54) is 0 Å². The van der Waals surface area contributed by atoms with Crippen molar-refractivity contribution in [3.8, 4) is 0 Å². The van der Waals surface area contributed by atoms with Gasteiger partial charge in [0.15, 0.2) is 0 Å². The minimum atomic E-state index is 0.0199. The first-order valence-electron chi connectivity index (χ1n) is 6.40. The van der Waals surface area contributed by atoms with E-state index in [2.05, 4.69) is 5.10 Å². The minimum absolute atomic E-state index is 0.0199. The molecule has 1 amide bonds. The number of carbonyl (C=O) groups is 1. The van der Waals surface area contributed by atoms with E-state index in [-0.39, 0.29) is 11.9 Å². The van der Waals surface area contributed by atoms with Gasteiger partial charge in [-0.15, -0.1) is 0 Å². The Morgan fingerprint density at radius 1 is 1.00 bits per heavy atom. The quantitative estimate of drug-likeness (QED) is 0.763. The topological polar surface area (TPSA) is 32.7 Å². The van der Waals surface area contributed by atoms with E-state index in [1.807, 2.05) is 54.6 Å². The summed E-state index contributed by atoms with van der Waals surface area (Å²) >= 11 is 0. The first-order chi connectivity index (χ1) is 9.34. The smallest absolute Gasteiger partial charge is 0.267 e. The molecule has 0 saturated heterocycles.